The molecule has 0 saturated carbocycles. The summed E-state index contributed by atoms with van der Waals surface area (Å²) in [6, 6.07) is 16.4. The van der Waals surface area contributed by atoms with Gasteiger partial charge >= 0.3 is 0 Å². The predicted molar refractivity (Wildman–Crippen MR) is 116 cm³/mol. The van der Waals surface area contributed by atoms with E-state index < -0.39 is 10.0 Å². The second kappa shape index (κ2) is 9.09. The molecule has 1 aliphatic rings. The average molecular weight is 444 g/mol. The van der Waals surface area contributed by atoms with Gasteiger partial charge in [-0.1, -0.05) is 35.5 Å². The van der Waals surface area contributed by atoms with E-state index >= 15 is 0 Å². The maximum atomic E-state index is 13.1. The van der Waals surface area contributed by atoms with E-state index in [1.165, 1.54) is 24.6 Å². The molecule has 3 aromatic rings. The molecule has 0 bridgehead atoms. The van der Waals surface area contributed by atoms with E-state index in [2.05, 4.69) is 10.1 Å². The van der Waals surface area contributed by atoms with Crippen LogP contribution in [0.1, 0.15) is 5.76 Å². The van der Waals surface area contributed by atoms with Crippen LogP contribution in [0.4, 0.5) is 0 Å². The number of ether oxygens (including phenoxy) is 2. The summed E-state index contributed by atoms with van der Waals surface area (Å²) in [5.74, 6) is 1.64. The topological polar surface area (TPSA) is 85.1 Å². The zero-order valence-electron chi connectivity index (χ0n) is 17.5. The van der Waals surface area contributed by atoms with Gasteiger partial charge in [0.05, 0.1) is 25.7 Å². The van der Waals surface area contributed by atoms with Crippen LogP contribution in [0.3, 0.4) is 0 Å². The van der Waals surface area contributed by atoms with E-state index in [1.807, 2.05) is 36.4 Å². The van der Waals surface area contributed by atoms with E-state index in [1.54, 1.807) is 12.1 Å². The summed E-state index contributed by atoms with van der Waals surface area (Å²) in [4.78, 5) is 2.36. The molecular formula is C22H25N3O5S. The van der Waals surface area contributed by atoms with Gasteiger partial charge in [0.25, 0.3) is 0 Å². The van der Waals surface area contributed by atoms with E-state index in [4.69, 9.17) is 14.0 Å². The van der Waals surface area contributed by atoms with E-state index in [0.29, 0.717) is 44.2 Å². The number of nitrogens with zero attached hydrogens (tertiary/aromatic N) is 3. The lowest BCUT2D eigenvalue weighted by atomic mass is 10.1. The van der Waals surface area contributed by atoms with Crippen molar-refractivity contribution >= 4 is 10.0 Å². The maximum Gasteiger partial charge on any atom is 0.243 e. The summed E-state index contributed by atoms with van der Waals surface area (Å²) in [6.07, 6.45) is 0. The van der Waals surface area contributed by atoms with Crippen molar-refractivity contribution in [3.63, 3.8) is 0 Å². The monoisotopic (exact) mass is 443 g/mol. The average Bonchev–Trinajstić information content (AvgIpc) is 3.28. The Kier molecular flexibility index (Phi) is 6.26. The number of rotatable bonds is 7. The minimum atomic E-state index is -3.61. The third-order valence-electron chi connectivity index (χ3n) is 5.33. The Bertz CT molecular complexity index is 1120. The third-order valence-corrected chi connectivity index (χ3v) is 7.23. The fourth-order valence-electron chi connectivity index (χ4n) is 3.61. The molecule has 1 aromatic heterocycles. The summed E-state index contributed by atoms with van der Waals surface area (Å²) < 4.78 is 43.5. The summed E-state index contributed by atoms with van der Waals surface area (Å²) >= 11 is 0. The number of hydrogen-bond acceptors (Lipinski definition) is 7. The SMILES string of the molecule is COc1ccc(S(=O)(=O)N2CCN(Cc3cc(-c4ccccc4)no3)CC2)cc1OC. The van der Waals surface area contributed by atoms with Crippen molar-refractivity contribution < 1.29 is 22.4 Å². The second-order valence-electron chi connectivity index (χ2n) is 7.24. The highest BCUT2D eigenvalue weighted by atomic mass is 32.2. The smallest absolute Gasteiger partial charge is 0.243 e. The molecule has 0 unspecified atom stereocenters. The number of benzene rings is 2. The summed E-state index contributed by atoms with van der Waals surface area (Å²) in [5.41, 5.74) is 1.80. The Morgan fingerprint density at radius 1 is 0.935 bits per heavy atom. The van der Waals surface area contributed by atoms with Crippen LogP contribution in [-0.2, 0) is 16.6 Å². The second-order valence-corrected chi connectivity index (χ2v) is 9.18. The zero-order chi connectivity index (χ0) is 21.8. The van der Waals surface area contributed by atoms with Gasteiger partial charge in [0.15, 0.2) is 17.3 Å². The van der Waals surface area contributed by atoms with Crippen molar-refractivity contribution in [3.05, 3.63) is 60.4 Å². The minimum Gasteiger partial charge on any atom is -0.493 e. The van der Waals surface area contributed by atoms with Crippen LogP contribution in [0.25, 0.3) is 11.3 Å². The van der Waals surface area contributed by atoms with Crippen molar-refractivity contribution in [3.8, 4) is 22.8 Å². The molecule has 31 heavy (non-hydrogen) atoms. The molecule has 1 aliphatic heterocycles. The van der Waals surface area contributed by atoms with Crippen molar-refractivity contribution in [2.45, 2.75) is 11.4 Å². The van der Waals surface area contributed by atoms with Gasteiger partial charge in [-0.25, -0.2) is 8.42 Å². The van der Waals surface area contributed by atoms with Crippen molar-refractivity contribution in [1.82, 2.24) is 14.4 Å². The fraction of sp³-hybridized carbons (Fsp3) is 0.318. The Labute approximate surface area is 182 Å². The molecule has 1 fully saturated rings. The Balaban J connectivity index is 1.39. The number of hydrogen-bond donors (Lipinski definition) is 0. The first kappa shape index (κ1) is 21.4. The number of methoxy groups -OCH3 is 2. The predicted octanol–water partition coefficient (Wildman–Crippen LogP) is 2.87. The molecule has 9 heteroatoms. The lowest BCUT2D eigenvalue weighted by Crippen LogP contribution is -2.48. The fourth-order valence-corrected chi connectivity index (χ4v) is 5.05. The molecular weight excluding hydrogens is 418 g/mol. The molecule has 2 aromatic carbocycles. The van der Waals surface area contributed by atoms with Gasteiger partial charge in [-0.15, -0.1) is 0 Å². The quantitative estimate of drug-likeness (QED) is 0.555. The van der Waals surface area contributed by atoms with Crippen LogP contribution < -0.4 is 9.47 Å². The normalized spacial score (nSPS) is 15.7. The van der Waals surface area contributed by atoms with Gasteiger partial charge < -0.3 is 14.0 Å². The molecule has 0 radical (unpaired) electrons. The number of aromatic nitrogens is 1. The Hall–Kier alpha value is -2.88. The molecule has 4 rings (SSSR count). The standard InChI is InChI=1S/C22H25N3O5S/c1-28-21-9-8-19(15-22(21)29-2)31(26,27)25-12-10-24(11-13-25)16-18-14-20(23-30-18)17-6-4-3-5-7-17/h3-9,14-15H,10-13,16H2,1-2H3. The van der Waals surface area contributed by atoms with E-state index in [-0.39, 0.29) is 4.90 Å². The highest BCUT2D eigenvalue weighted by Gasteiger charge is 2.29. The lowest BCUT2D eigenvalue weighted by molar-refractivity contribution is 0.166. The first-order valence-corrected chi connectivity index (χ1v) is 11.4. The van der Waals surface area contributed by atoms with Gasteiger partial charge in [-0.05, 0) is 12.1 Å². The molecule has 0 N–H and O–H groups in total. The van der Waals surface area contributed by atoms with E-state index in [9.17, 15) is 8.42 Å². The van der Waals surface area contributed by atoms with Crippen LogP contribution in [0.2, 0.25) is 0 Å². The third kappa shape index (κ3) is 4.58. The Morgan fingerprint density at radius 2 is 1.65 bits per heavy atom. The van der Waals surface area contributed by atoms with Crippen molar-refractivity contribution in [2.24, 2.45) is 0 Å². The molecule has 0 atom stereocenters. The minimum absolute atomic E-state index is 0.196. The molecule has 0 spiro atoms. The molecule has 164 valence electrons. The van der Waals surface area contributed by atoms with Gasteiger partial charge in [0, 0.05) is 43.9 Å². The lowest BCUT2D eigenvalue weighted by Gasteiger charge is -2.33. The first-order chi connectivity index (χ1) is 15.0. The van der Waals surface area contributed by atoms with Crippen LogP contribution in [0.15, 0.2) is 64.0 Å². The van der Waals surface area contributed by atoms with Crippen molar-refractivity contribution in [2.75, 3.05) is 40.4 Å². The van der Waals surface area contributed by atoms with Crippen molar-refractivity contribution in [1.29, 1.82) is 0 Å². The van der Waals surface area contributed by atoms with Crippen LogP contribution in [0, 0.1) is 0 Å². The molecule has 8 nitrogen and oxygen atoms in total. The summed E-state index contributed by atoms with van der Waals surface area (Å²) in [7, 11) is -0.610. The van der Waals surface area contributed by atoms with Crippen LogP contribution in [0.5, 0.6) is 11.5 Å². The summed E-state index contributed by atoms with van der Waals surface area (Å²) in [6.45, 7) is 2.60. The molecule has 0 amide bonds. The zero-order valence-corrected chi connectivity index (χ0v) is 18.3. The maximum absolute atomic E-state index is 13.1. The number of piperazine rings is 1. The number of sulfonamides is 1. The van der Waals surface area contributed by atoms with Gasteiger partial charge in [0.1, 0.15) is 5.69 Å². The van der Waals surface area contributed by atoms with Crippen LogP contribution >= 0.6 is 0 Å². The van der Waals surface area contributed by atoms with Gasteiger partial charge in [-0.3, -0.25) is 4.90 Å². The van der Waals surface area contributed by atoms with Crippen LogP contribution in [-0.4, -0.2) is 63.2 Å². The molecule has 1 saturated heterocycles. The first-order valence-electron chi connectivity index (χ1n) is 9.97. The summed E-state index contributed by atoms with van der Waals surface area (Å²) in [5, 5.41) is 4.15. The molecule has 0 aliphatic carbocycles. The Morgan fingerprint density at radius 3 is 2.32 bits per heavy atom. The van der Waals surface area contributed by atoms with Gasteiger partial charge in [-0.2, -0.15) is 4.31 Å². The van der Waals surface area contributed by atoms with Gasteiger partial charge in [0.2, 0.25) is 10.0 Å². The van der Waals surface area contributed by atoms with E-state index in [0.717, 1.165) is 17.0 Å². The highest BCUT2D eigenvalue weighted by molar-refractivity contribution is 7.89. The highest BCUT2D eigenvalue weighted by Crippen LogP contribution is 2.31. The molecule has 2 heterocycles. The largest absolute Gasteiger partial charge is 0.493 e.